The van der Waals surface area contributed by atoms with Gasteiger partial charge in [-0.1, -0.05) is 29.3 Å². The molecular weight excluding hydrogens is 439 g/mol. The first kappa shape index (κ1) is 19.5. The number of hydrogen-bond acceptors (Lipinski definition) is 5. The van der Waals surface area contributed by atoms with Gasteiger partial charge < -0.3 is 10.0 Å². The number of amides is 1. The summed E-state index contributed by atoms with van der Waals surface area (Å²) >= 11 is 15.1. The fourth-order valence-electron chi connectivity index (χ4n) is 3.07. The van der Waals surface area contributed by atoms with E-state index in [1.165, 1.54) is 23.1 Å². The minimum Gasteiger partial charge on any atom is -0.481 e. The lowest BCUT2D eigenvalue weighted by Gasteiger charge is -2.33. The van der Waals surface area contributed by atoms with E-state index in [1.54, 1.807) is 17.0 Å². The van der Waals surface area contributed by atoms with E-state index < -0.39 is 11.2 Å². The zero-order valence-electron chi connectivity index (χ0n) is 14.6. The number of benzene rings is 2. The van der Waals surface area contributed by atoms with Crippen molar-refractivity contribution in [3.8, 4) is 0 Å². The number of carboxylic acid groups (broad SMARTS) is 1. The number of carboxylic acids is 1. The van der Waals surface area contributed by atoms with Crippen molar-refractivity contribution in [1.29, 1.82) is 0 Å². The van der Waals surface area contributed by atoms with Gasteiger partial charge in [-0.2, -0.15) is 0 Å². The number of hydrogen-bond donors (Lipinski definition) is 1. The number of carbonyl (C=O) groups excluding carboxylic acids is 1. The van der Waals surface area contributed by atoms with Crippen LogP contribution >= 0.6 is 46.3 Å². The van der Waals surface area contributed by atoms with Gasteiger partial charge in [0, 0.05) is 4.90 Å². The van der Waals surface area contributed by atoms with E-state index in [-0.39, 0.29) is 18.9 Å². The van der Waals surface area contributed by atoms with Crippen LogP contribution < -0.4 is 4.90 Å². The van der Waals surface area contributed by atoms with Gasteiger partial charge in [-0.05, 0) is 36.8 Å². The maximum atomic E-state index is 13.0. The first-order valence-electron chi connectivity index (χ1n) is 8.37. The molecule has 2 aromatic carbocycles. The molecule has 0 radical (unpaired) electrons. The zero-order valence-corrected chi connectivity index (χ0v) is 17.8. The van der Waals surface area contributed by atoms with Crippen LogP contribution in [0.3, 0.4) is 0 Å². The largest absolute Gasteiger partial charge is 0.481 e. The summed E-state index contributed by atoms with van der Waals surface area (Å²) in [7, 11) is 0. The van der Waals surface area contributed by atoms with Gasteiger partial charge in [-0.3, -0.25) is 9.59 Å². The van der Waals surface area contributed by atoms with Crippen LogP contribution in [0.15, 0.2) is 35.2 Å². The summed E-state index contributed by atoms with van der Waals surface area (Å²) in [6, 6.07) is 9.31. The Morgan fingerprint density at radius 2 is 2.07 bits per heavy atom. The summed E-state index contributed by atoms with van der Waals surface area (Å²) < 4.78 is 0.773. The summed E-state index contributed by atoms with van der Waals surface area (Å²) in [4.78, 5) is 31.4. The molecule has 2 heterocycles. The predicted octanol–water partition coefficient (Wildman–Crippen LogP) is 5.39. The van der Waals surface area contributed by atoms with Crippen molar-refractivity contribution in [2.24, 2.45) is 0 Å². The fourth-order valence-corrected chi connectivity index (χ4v) is 5.75. The average Bonchev–Trinajstić information content (AvgIpc) is 3.05. The van der Waals surface area contributed by atoms with Crippen molar-refractivity contribution in [2.45, 2.75) is 30.0 Å². The molecule has 4 rings (SSSR count). The van der Waals surface area contributed by atoms with E-state index in [2.05, 4.69) is 4.98 Å². The number of rotatable bonds is 4. The van der Waals surface area contributed by atoms with Gasteiger partial charge in [-0.25, -0.2) is 4.98 Å². The van der Waals surface area contributed by atoms with Gasteiger partial charge in [0.25, 0.3) is 0 Å². The Hall–Kier alpha value is -1.80. The van der Waals surface area contributed by atoms with E-state index in [1.807, 2.05) is 25.1 Å². The lowest BCUT2D eigenvalue weighted by Crippen LogP contribution is -2.41. The molecule has 0 spiro atoms. The summed E-state index contributed by atoms with van der Waals surface area (Å²) in [6.07, 6.45) is -0.228. The van der Waals surface area contributed by atoms with Crippen LogP contribution in [-0.4, -0.2) is 27.2 Å². The summed E-state index contributed by atoms with van der Waals surface area (Å²) in [5.74, 6) is -1.23. The number of fused-ring (bicyclic) bond motifs is 2. The fraction of sp³-hybridized carbons (Fsp3) is 0.211. The number of aryl methyl sites for hydroxylation is 1. The second-order valence-corrected chi connectivity index (χ2v) is 9.53. The molecule has 1 amide bonds. The van der Waals surface area contributed by atoms with E-state index >= 15 is 0 Å². The minimum atomic E-state index is -0.997. The summed E-state index contributed by atoms with van der Waals surface area (Å²) in [5, 5.41) is 10.1. The number of thioether (sulfide) groups is 1. The van der Waals surface area contributed by atoms with Crippen molar-refractivity contribution >= 4 is 74.1 Å². The molecule has 3 aromatic rings. The van der Waals surface area contributed by atoms with Gasteiger partial charge in [0.15, 0.2) is 0 Å². The lowest BCUT2D eigenvalue weighted by molar-refractivity contribution is -0.138. The third-order valence-corrected chi connectivity index (χ3v) is 7.61. The SMILES string of the molecule is Cc1ccc2c(c1)N(Cc1nc3ccc(Cl)c(Cl)c3s1)C(=O)C(CC(=O)O)S2. The van der Waals surface area contributed by atoms with Gasteiger partial charge >= 0.3 is 5.97 Å². The molecule has 28 heavy (non-hydrogen) atoms. The van der Waals surface area contributed by atoms with Gasteiger partial charge in [-0.15, -0.1) is 23.1 Å². The maximum Gasteiger partial charge on any atom is 0.305 e. The van der Waals surface area contributed by atoms with Crippen LogP contribution in [0.1, 0.15) is 17.0 Å². The average molecular weight is 453 g/mol. The molecule has 0 saturated carbocycles. The highest BCUT2D eigenvalue weighted by Crippen LogP contribution is 2.42. The number of thiazole rings is 1. The van der Waals surface area contributed by atoms with E-state index in [9.17, 15) is 14.7 Å². The van der Waals surface area contributed by atoms with Gasteiger partial charge in [0.1, 0.15) is 5.01 Å². The molecule has 1 N–H and O–H groups in total. The number of nitrogens with zero attached hydrogens (tertiary/aromatic N) is 2. The van der Waals surface area contributed by atoms with Crippen LogP contribution in [0.25, 0.3) is 10.2 Å². The summed E-state index contributed by atoms with van der Waals surface area (Å²) in [6.45, 7) is 2.20. The molecule has 1 aliphatic rings. The molecule has 0 saturated heterocycles. The Balaban J connectivity index is 1.74. The minimum absolute atomic E-state index is 0.228. The van der Waals surface area contributed by atoms with Crippen molar-refractivity contribution in [1.82, 2.24) is 4.98 Å². The van der Waals surface area contributed by atoms with Crippen molar-refractivity contribution in [3.63, 3.8) is 0 Å². The van der Waals surface area contributed by atoms with Crippen LogP contribution in [0.5, 0.6) is 0 Å². The van der Waals surface area contributed by atoms with Gasteiger partial charge in [0.2, 0.25) is 5.91 Å². The first-order chi connectivity index (χ1) is 13.3. The molecule has 0 aliphatic carbocycles. The molecule has 144 valence electrons. The number of carbonyl (C=O) groups is 2. The molecule has 1 aromatic heterocycles. The highest BCUT2D eigenvalue weighted by Gasteiger charge is 2.35. The topological polar surface area (TPSA) is 70.5 Å². The summed E-state index contributed by atoms with van der Waals surface area (Å²) in [5.41, 5.74) is 2.52. The Morgan fingerprint density at radius 3 is 2.82 bits per heavy atom. The van der Waals surface area contributed by atoms with Gasteiger partial charge in [0.05, 0.1) is 44.2 Å². The predicted molar refractivity (Wildman–Crippen MR) is 114 cm³/mol. The Kier molecular flexibility index (Phi) is 5.26. The number of aromatic nitrogens is 1. The van der Waals surface area contributed by atoms with Crippen LogP contribution in [0, 0.1) is 6.92 Å². The number of aliphatic carboxylic acids is 1. The molecule has 0 bridgehead atoms. The maximum absolute atomic E-state index is 13.0. The molecular formula is C19H14Cl2N2O3S2. The lowest BCUT2D eigenvalue weighted by atomic mass is 10.1. The zero-order chi connectivity index (χ0) is 20.0. The molecule has 1 aliphatic heterocycles. The van der Waals surface area contributed by atoms with Crippen molar-refractivity contribution in [3.05, 3.63) is 50.9 Å². The molecule has 1 unspecified atom stereocenters. The second kappa shape index (κ2) is 7.55. The molecule has 9 heteroatoms. The van der Waals surface area contributed by atoms with Crippen molar-refractivity contribution in [2.75, 3.05) is 4.90 Å². The van der Waals surface area contributed by atoms with E-state index in [0.717, 1.165) is 26.4 Å². The van der Waals surface area contributed by atoms with E-state index in [4.69, 9.17) is 23.2 Å². The normalized spacial score (nSPS) is 16.5. The standard InChI is InChI=1S/C19H14Cl2N2O3S2/c1-9-2-5-13-12(6-9)23(19(26)14(27-13)7-16(24)25)8-15-22-11-4-3-10(20)17(21)18(11)28-15/h2-6,14H,7-8H2,1H3,(H,24,25). The third kappa shape index (κ3) is 3.59. The molecule has 1 atom stereocenters. The highest BCUT2D eigenvalue weighted by molar-refractivity contribution is 8.01. The smallest absolute Gasteiger partial charge is 0.305 e. The van der Waals surface area contributed by atoms with E-state index in [0.29, 0.717) is 15.1 Å². The number of anilines is 1. The first-order valence-corrected chi connectivity index (χ1v) is 10.8. The highest BCUT2D eigenvalue weighted by atomic mass is 35.5. The Morgan fingerprint density at radius 1 is 1.29 bits per heavy atom. The van der Waals surface area contributed by atoms with Crippen LogP contribution in [0.2, 0.25) is 10.0 Å². The van der Waals surface area contributed by atoms with Crippen molar-refractivity contribution < 1.29 is 14.7 Å². The molecule has 5 nitrogen and oxygen atoms in total. The monoisotopic (exact) mass is 452 g/mol. The van der Waals surface area contributed by atoms with Crippen LogP contribution in [-0.2, 0) is 16.1 Å². The Labute approximate surface area is 179 Å². The second-order valence-electron chi connectivity index (χ2n) is 6.42. The third-order valence-electron chi connectivity index (χ3n) is 4.36. The molecule has 0 fully saturated rings. The Bertz CT molecular complexity index is 1120. The van der Waals surface area contributed by atoms with Crippen LogP contribution in [0.4, 0.5) is 5.69 Å². The number of halogens is 2. The quantitative estimate of drug-likeness (QED) is 0.573.